The van der Waals surface area contributed by atoms with Crippen LogP contribution in [0.25, 0.3) is 0 Å². The molecule has 126 valence electrons. The Morgan fingerprint density at radius 2 is 2.22 bits per heavy atom. The Bertz CT molecular complexity index is 564. The summed E-state index contributed by atoms with van der Waals surface area (Å²) in [7, 11) is 0. The number of carboxylic acid groups (broad SMARTS) is 1. The fourth-order valence-corrected chi connectivity index (χ4v) is 2.17. The van der Waals surface area contributed by atoms with Crippen molar-refractivity contribution in [2.24, 2.45) is 5.41 Å². The molecule has 1 aliphatic rings. The minimum Gasteiger partial charge on any atom is -0.491 e. The predicted octanol–water partition coefficient (Wildman–Crippen LogP) is 2.08. The maximum atomic E-state index is 12.1. The van der Waals surface area contributed by atoms with Gasteiger partial charge in [-0.15, -0.1) is 0 Å². The maximum absolute atomic E-state index is 12.1. The third kappa shape index (κ3) is 4.96. The second kappa shape index (κ2) is 7.46. The molecular weight excluding hydrogens is 298 g/mol. The quantitative estimate of drug-likeness (QED) is 0.803. The molecule has 23 heavy (non-hydrogen) atoms. The van der Waals surface area contributed by atoms with Crippen molar-refractivity contribution in [3.8, 4) is 5.75 Å². The Balaban J connectivity index is 1.90. The number of benzene rings is 1. The molecule has 0 aliphatic carbocycles. The van der Waals surface area contributed by atoms with Gasteiger partial charge < -0.3 is 19.9 Å². The minimum absolute atomic E-state index is 0.0577. The zero-order chi connectivity index (χ0) is 16.9. The van der Waals surface area contributed by atoms with Crippen molar-refractivity contribution >= 4 is 11.9 Å². The lowest BCUT2D eigenvalue weighted by Crippen LogP contribution is -2.38. The Morgan fingerprint density at radius 1 is 1.43 bits per heavy atom. The van der Waals surface area contributed by atoms with E-state index in [1.807, 2.05) is 0 Å². The molecule has 1 aromatic rings. The van der Waals surface area contributed by atoms with Crippen molar-refractivity contribution in [2.75, 3.05) is 19.8 Å². The number of hydrogen-bond acceptors (Lipinski definition) is 4. The van der Waals surface area contributed by atoms with Crippen molar-refractivity contribution in [2.45, 2.75) is 32.8 Å². The van der Waals surface area contributed by atoms with Crippen molar-refractivity contribution in [1.82, 2.24) is 5.32 Å². The first-order valence-corrected chi connectivity index (χ1v) is 7.74. The molecule has 1 heterocycles. The Kier molecular flexibility index (Phi) is 5.60. The Hall–Kier alpha value is -2.08. The largest absolute Gasteiger partial charge is 0.491 e. The van der Waals surface area contributed by atoms with Crippen LogP contribution in [0.2, 0.25) is 0 Å². The summed E-state index contributed by atoms with van der Waals surface area (Å²) in [5.41, 5.74) is -0.570. The average Bonchev–Trinajstić information content (AvgIpc) is 3.04. The van der Waals surface area contributed by atoms with Crippen molar-refractivity contribution < 1.29 is 24.2 Å². The number of carbonyl (C=O) groups is 2. The van der Waals surface area contributed by atoms with E-state index in [0.29, 0.717) is 17.9 Å². The van der Waals surface area contributed by atoms with E-state index in [0.717, 1.165) is 19.4 Å². The second-order valence-corrected chi connectivity index (χ2v) is 6.35. The Labute approximate surface area is 135 Å². The second-order valence-electron chi connectivity index (χ2n) is 6.35. The SMILES string of the molecule is CC(C)(CNC(=O)c1cccc(OCC2CCCO2)c1)C(=O)O. The highest BCUT2D eigenvalue weighted by Crippen LogP contribution is 2.18. The van der Waals surface area contributed by atoms with Gasteiger partial charge in [0.2, 0.25) is 0 Å². The summed E-state index contributed by atoms with van der Waals surface area (Å²) in [6.45, 7) is 4.43. The number of ether oxygens (including phenoxy) is 2. The number of carboxylic acids is 1. The van der Waals surface area contributed by atoms with Gasteiger partial charge in [-0.25, -0.2) is 0 Å². The van der Waals surface area contributed by atoms with E-state index in [1.54, 1.807) is 38.1 Å². The summed E-state index contributed by atoms with van der Waals surface area (Å²) in [4.78, 5) is 23.2. The van der Waals surface area contributed by atoms with Gasteiger partial charge in [-0.1, -0.05) is 6.07 Å². The van der Waals surface area contributed by atoms with Gasteiger partial charge in [0.25, 0.3) is 5.91 Å². The van der Waals surface area contributed by atoms with E-state index in [4.69, 9.17) is 14.6 Å². The number of carbonyl (C=O) groups excluding carboxylic acids is 1. The molecule has 1 fully saturated rings. The zero-order valence-corrected chi connectivity index (χ0v) is 13.5. The van der Waals surface area contributed by atoms with Crippen molar-refractivity contribution in [3.05, 3.63) is 29.8 Å². The molecule has 1 aliphatic heterocycles. The molecule has 0 radical (unpaired) electrons. The standard InChI is InChI=1S/C17H23NO5/c1-17(2,16(20)21)11-18-15(19)12-5-3-6-13(9-12)23-10-14-7-4-8-22-14/h3,5-6,9,14H,4,7-8,10-11H2,1-2H3,(H,18,19)(H,20,21). The van der Waals surface area contributed by atoms with E-state index in [1.165, 1.54) is 0 Å². The fourth-order valence-electron chi connectivity index (χ4n) is 2.17. The van der Waals surface area contributed by atoms with Crippen LogP contribution in [0.15, 0.2) is 24.3 Å². The van der Waals surface area contributed by atoms with Gasteiger partial charge in [0, 0.05) is 18.7 Å². The molecule has 1 saturated heterocycles. The monoisotopic (exact) mass is 321 g/mol. The minimum atomic E-state index is -1.01. The van der Waals surface area contributed by atoms with Gasteiger partial charge in [-0.05, 0) is 44.9 Å². The van der Waals surface area contributed by atoms with Crippen LogP contribution in [-0.4, -0.2) is 42.8 Å². The van der Waals surface area contributed by atoms with E-state index < -0.39 is 11.4 Å². The molecule has 6 nitrogen and oxygen atoms in total. The summed E-state index contributed by atoms with van der Waals surface area (Å²) in [5, 5.41) is 11.7. The molecule has 0 spiro atoms. The topological polar surface area (TPSA) is 84.9 Å². The van der Waals surface area contributed by atoms with Crippen LogP contribution in [0.3, 0.4) is 0 Å². The number of nitrogens with one attached hydrogen (secondary N) is 1. The van der Waals surface area contributed by atoms with E-state index >= 15 is 0 Å². The van der Waals surface area contributed by atoms with Gasteiger partial charge in [-0.3, -0.25) is 9.59 Å². The van der Waals surface area contributed by atoms with Crippen molar-refractivity contribution in [3.63, 3.8) is 0 Å². The summed E-state index contributed by atoms with van der Waals surface area (Å²) < 4.78 is 11.2. The lowest BCUT2D eigenvalue weighted by Gasteiger charge is -2.19. The van der Waals surface area contributed by atoms with E-state index in [2.05, 4.69) is 5.32 Å². The number of rotatable bonds is 7. The molecule has 2 rings (SSSR count). The van der Waals surface area contributed by atoms with Crippen LogP contribution in [-0.2, 0) is 9.53 Å². The highest BCUT2D eigenvalue weighted by Gasteiger charge is 2.27. The first-order chi connectivity index (χ1) is 10.9. The van der Waals surface area contributed by atoms with Crippen LogP contribution in [0.5, 0.6) is 5.75 Å². The fraction of sp³-hybridized carbons (Fsp3) is 0.529. The van der Waals surface area contributed by atoms with E-state index in [-0.39, 0.29) is 18.6 Å². The van der Waals surface area contributed by atoms with Crippen LogP contribution >= 0.6 is 0 Å². The predicted molar refractivity (Wildman–Crippen MR) is 84.7 cm³/mol. The van der Waals surface area contributed by atoms with E-state index in [9.17, 15) is 9.59 Å². The molecule has 1 amide bonds. The molecule has 1 atom stereocenters. The highest BCUT2D eigenvalue weighted by atomic mass is 16.5. The van der Waals surface area contributed by atoms with Crippen molar-refractivity contribution in [1.29, 1.82) is 0 Å². The molecule has 0 bridgehead atoms. The molecule has 1 unspecified atom stereocenters. The first kappa shape index (κ1) is 17.3. The molecule has 0 aromatic heterocycles. The maximum Gasteiger partial charge on any atom is 0.310 e. The molecule has 0 saturated carbocycles. The normalized spacial score (nSPS) is 17.7. The lowest BCUT2D eigenvalue weighted by atomic mass is 9.94. The molecule has 6 heteroatoms. The third-order valence-electron chi connectivity index (χ3n) is 3.83. The Morgan fingerprint density at radius 3 is 2.87 bits per heavy atom. The lowest BCUT2D eigenvalue weighted by molar-refractivity contribution is -0.146. The molecule has 1 aromatic carbocycles. The summed E-state index contributed by atoms with van der Waals surface area (Å²) in [6.07, 6.45) is 2.16. The highest BCUT2D eigenvalue weighted by molar-refractivity contribution is 5.94. The third-order valence-corrected chi connectivity index (χ3v) is 3.83. The summed E-state index contributed by atoms with van der Waals surface area (Å²) in [5.74, 6) is -0.668. The van der Waals surface area contributed by atoms with Crippen LogP contribution in [0, 0.1) is 5.41 Å². The number of hydrogen-bond donors (Lipinski definition) is 2. The summed E-state index contributed by atoms with van der Waals surface area (Å²) >= 11 is 0. The first-order valence-electron chi connectivity index (χ1n) is 7.74. The molecular formula is C17H23NO5. The zero-order valence-electron chi connectivity index (χ0n) is 13.5. The average molecular weight is 321 g/mol. The number of amides is 1. The van der Waals surface area contributed by atoms with Gasteiger partial charge in [0.1, 0.15) is 12.4 Å². The van der Waals surface area contributed by atoms with Crippen LogP contribution < -0.4 is 10.1 Å². The van der Waals surface area contributed by atoms with Gasteiger partial charge in [-0.2, -0.15) is 0 Å². The smallest absolute Gasteiger partial charge is 0.310 e. The molecule has 2 N–H and O–H groups in total. The van der Waals surface area contributed by atoms with Gasteiger partial charge in [0.05, 0.1) is 11.5 Å². The van der Waals surface area contributed by atoms with Crippen LogP contribution in [0.1, 0.15) is 37.0 Å². The summed E-state index contributed by atoms with van der Waals surface area (Å²) in [6, 6.07) is 6.84. The van der Waals surface area contributed by atoms with Gasteiger partial charge >= 0.3 is 5.97 Å². The van der Waals surface area contributed by atoms with Gasteiger partial charge in [0.15, 0.2) is 0 Å². The van der Waals surface area contributed by atoms with Crippen LogP contribution in [0.4, 0.5) is 0 Å². The number of aliphatic carboxylic acids is 1.